The molecule has 1 aliphatic heterocycles. The van der Waals surface area contributed by atoms with Crippen LogP contribution < -0.4 is 11.1 Å². The first-order chi connectivity index (χ1) is 11.1. The van der Waals surface area contributed by atoms with Gasteiger partial charge in [0.2, 0.25) is 11.8 Å². The predicted molar refractivity (Wildman–Crippen MR) is 85.5 cm³/mol. The molecule has 2 atom stereocenters. The van der Waals surface area contributed by atoms with Crippen molar-refractivity contribution in [3.05, 3.63) is 42.1 Å². The monoisotopic (exact) mass is 313 g/mol. The summed E-state index contributed by atoms with van der Waals surface area (Å²) in [7, 11) is 0. The van der Waals surface area contributed by atoms with Crippen LogP contribution in [0.25, 0.3) is 10.9 Å². The fourth-order valence-corrected chi connectivity index (χ4v) is 2.68. The van der Waals surface area contributed by atoms with Crippen molar-refractivity contribution in [3.8, 4) is 0 Å². The van der Waals surface area contributed by atoms with Crippen LogP contribution in [-0.4, -0.2) is 36.1 Å². The summed E-state index contributed by atoms with van der Waals surface area (Å²) in [4.78, 5) is 28.3. The summed E-state index contributed by atoms with van der Waals surface area (Å²) in [6.45, 7) is 0.969. The minimum Gasteiger partial charge on any atom is -0.381 e. The summed E-state index contributed by atoms with van der Waals surface area (Å²) < 4.78 is 5.20. The molecular weight excluding hydrogens is 294 g/mol. The minimum absolute atomic E-state index is 0.188. The molecule has 2 heterocycles. The van der Waals surface area contributed by atoms with Gasteiger partial charge in [-0.2, -0.15) is 0 Å². The molecule has 0 radical (unpaired) electrons. The van der Waals surface area contributed by atoms with E-state index in [4.69, 9.17) is 10.5 Å². The lowest BCUT2D eigenvalue weighted by Gasteiger charge is -2.17. The van der Waals surface area contributed by atoms with Gasteiger partial charge in [0, 0.05) is 24.1 Å². The number of pyridine rings is 1. The van der Waals surface area contributed by atoms with Crippen molar-refractivity contribution in [2.45, 2.75) is 18.9 Å². The predicted octanol–water partition coefficient (Wildman–Crippen LogP) is 0.784. The second-order valence-electron chi connectivity index (χ2n) is 5.72. The van der Waals surface area contributed by atoms with Crippen LogP contribution in [0.2, 0.25) is 0 Å². The lowest BCUT2D eigenvalue weighted by molar-refractivity contribution is -0.129. The van der Waals surface area contributed by atoms with Crippen LogP contribution in [0, 0.1) is 5.92 Å². The van der Waals surface area contributed by atoms with Crippen LogP contribution in [0.1, 0.15) is 12.1 Å². The van der Waals surface area contributed by atoms with Gasteiger partial charge in [-0.15, -0.1) is 0 Å². The number of amides is 2. The molecule has 1 aromatic heterocycles. The van der Waals surface area contributed by atoms with E-state index in [1.807, 2.05) is 36.4 Å². The zero-order chi connectivity index (χ0) is 16.2. The highest BCUT2D eigenvalue weighted by Crippen LogP contribution is 2.15. The first-order valence-electron chi connectivity index (χ1n) is 7.65. The Hall–Kier alpha value is -2.47. The lowest BCUT2D eigenvalue weighted by Crippen LogP contribution is -2.48. The fraction of sp³-hybridized carbons (Fsp3) is 0.353. The van der Waals surface area contributed by atoms with Gasteiger partial charge < -0.3 is 15.8 Å². The average molecular weight is 313 g/mol. The van der Waals surface area contributed by atoms with E-state index in [9.17, 15) is 9.59 Å². The number of carbonyl (C=O) groups excluding carboxylic acids is 2. The van der Waals surface area contributed by atoms with E-state index in [0.717, 1.165) is 16.6 Å². The molecular formula is C17H19N3O3. The Balaban J connectivity index is 1.72. The van der Waals surface area contributed by atoms with Crippen molar-refractivity contribution in [1.29, 1.82) is 0 Å². The summed E-state index contributed by atoms with van der Waals surface area (Å²) in [6, 6.07) is 10.8. The van der Waals surface area contributed by atoms with Crippen LogP contribution >= 0.6 is 0 Å². The molecule has 0 unspecified atom stereocenters. The number of fused-ring (bicyclic) bond motifs is 1. The van der Waals surface area contributed by atoms with Crippen molar-refractivity contribution in [1.82, 2.24) is 10.3 Å². The van der Waals surface area contributed by atoms with E-state index < -0.39 is 11.9 Å². The standard InChI is InChI=1S/C17H19N3O3/c18-16(21)15(20-17(22)12-7-8-23-10-12)9-13-6-5-11-3-1-2-4-14(11)19-13/h1-6,12,15H,7-10H2,(H2,18,21)(H,20,22)/t12-,15+/m0/s1. The maximum Gasteiger partial charge on any atom is 0.240 e. The fourth-order valence-electron chi connectivity index (χ4n) is 2.68. The van der Waals surface area contributed by atoms with Gasteiger partial charge in [-0.1, -0.05) is 24.3 Å². The van der Waals surface area contributed by atoms with Gasteiger partial charge in [0.05, 0.1) is 18.0 Å². The van der Waals surface area contributed by atoms with Crippen LogP contribution in [0.15, 0.2) is 36.4 Å². The van der Waals surface area contributed by atoms with Gasteiger partial charge in [0.25, 0.3) is 0 Å². The second-order valence-corrected chi connectivity index (χ2v) is 5.72. The number of aromatic nitrogens is 1. The van der Waals surface area contributed by atoms with E-state index in [-0.39, 0.29) is 18.2 Å². The number of benzene rings is 1. The van der Waals surface area contributed by atoms with Gasteiger partial charge >= 0.3 is 0 Å². The Morgan fingerprint density at radius 1 is 1.30 bits per heavy atom. The van der Waals surface area contributed by atoms with Gasteiger partial charge in [-0.3, -0.25) is 14.6 Å². The molecule has 2 aromatic rings. The molecule has 6 nitrogen and oxygen atoms in total. The number of hydrogen-bond donors (Lipinski definition) is 2. The largest absolute Gasteiger partial charge is 0.381 e. The van der Waals surface area contributed by atoms with Crippen LogP contribution in [-0.2, 0) is 20.7 Å². The van der Waals surface area contributed by atoms with Gasteiger partial charge in [-0.25, -0.2) is 0 Å². The van der Waals surface area contributed by atoms with E-state index in [2.05, 4.69) is 10.3 Å². The Morgan fingerprint density at radius 2 is 2.13 bits per heavy atom. The van der Waals surface area contributed by atoms with Crippen molar-refractivity contribution in [2.24, 2.45) is 11.7 Å². The summed E-state index contributed by atoms with van der Waals surface area (Å²) in [5.41, 5.74) is 7.00. The molecule has 2 amide bonds. The number of nitrogens with zero attached hydrogens (tertiary/aromatic N) is 1. The van der Waals surface area contributed by atoms with Gasteiger partial charge in [0.15, 0.2) is 0 Å². The maximum absolute atomic E-state index is 12.1. The van der Waals surface area contributed by atoms with Crippen molar-refractivity contribution in [2.75, 3.05) is 13.2 Å². The third-order valence-corrected chi connectivity index (χ3v) is 4.03. The summed E-state index contributed by atoms with van der Waals surface area (Å²) in [5.74, 6) is -0.958. The number of primary amides is 1. The Bertz CT molecular complexity index is 726. The van der Waals surface area contributed by atoms with Crippen LogP contribution in [0.4, 0.5) is 0 Å². The van der Waals surface area contributed by atoms with Crippen LogP contribution in [0.3, 0.4) is 0 Å². The van der Waals surface area contributed by atoms with Crippen molar-refractivity contribution >= 4 is 22.7 Å². The molecule has 6 heteroatoms. The molecule has 1 aromatic carbocycles. The Kier molecular flexibility index (Phi) is 4.52. The SMILES string of the molecule is NC(=O)[C@@H](Cc1ccc2ccccc2n1)NC(=O)[C@H]1CCOC1. The summed E-state index contributed by atoms with van der Waals surface area (Å²) in [5, 5.41) is 3.75. The molecule has 1 saturated heterocycles. The summed E-state index contributed by atoms with van der Waals surface area (Å²) >= 11 is 0. The van der Waals surface area contributed by atoms with E-state index >= 15 is 0 Å². The molecule has 23 heavy (non-hydrogen) atoms. The second kappa shape index (κ2) is 6.75. The average Bonchev–Trinajstić information content (AvgIpc) is 3.08. The zero-order valence-corrected chi connectivity index (χ0v) is 12.7. The summed E-state index contributed by atoms with van der Waals surface area (Å²) in [6.07, 6.45) is 0.949. The molecule has 1 aliphatic rings. The number of hydrogen-bond acceptors (Lipinski definition) is 4. The van der Waals surface area contributed by atoms with Crippen molar-refractivity contribution in [3.63, 3.8) is 0 Å². The van der Waals surface area contributed by atoms with E-state index in [0.29, 0.717) is 19.6 Å². The first kappa shape index (κ1) is 15.4. The number of nitrogens with two attached hydrogens (primary N) is 1. The highest BCUT2D eigenvalue weighted by atomic mass is 16.5. The number of para-hydroxylation sites is 1. The van der Waals surface area contributed by atoms with E-state index in [1.165, 1.54) is 0 Å². The molecule has 0 bridgehead atoms. The number of ether oxygens (including phenoxy) is 1. The first-order valence-corrected chi connectivity index (χ1v) is 7.65. The Morgan fingerprint density at radius 3 is 2.87 bits per heavy atom. The molecule has 0 saturated carbocycles. The van der Waals surface area contributed by atoms with Gasteiger partial charge in [0.1, 0.15) is 6.04 Å². The Labute approximate surface area is 134 Å². The quantitative estimate of drug-likeness (QED) is 0.853. The van der Waals surface area contributed by atoms with E-state index in [1.54, 1.807) is 0 Å². The molecule has 0 aliphatic carbocycles. The van der Waals surface area contributed by atoms with Crippen LogP contribution in [0.5, 0.6) is 0 Å². The number of carbonyl (C=O) groups is 2. The van der Waals surface area contributed by atoms with Crippen molar-refractivity contribution < 1.29 is 14.3 Å². The highest BCUT2D eigenvalue weighted by Gasteiger charge is 2.27. The molecule has 3 N–H and O–H groups in total. The third-order valence-electron chi connectivity index (χ3n) is 4.03. The number of rotatable bonds is 5. The lowest BCUT2D eigenvalue weighted by atomic mass is 10.1. The topological polar surface area (TPSA) is 94.3 Å². The smallest absolute Gasteiger partial charge is 0.240 e. The number of nitrogens with one attached hydrogen (secondary N) is 1. The molecule has 120 valence electrons. The minimum atomic E-state index is -0.767. The molecule has 1 fully saturated rings. The molecule has 0 spiro atoms. The molecule has 3 rings (SSSR count). The normalized spacial score (nSPS) is 18.7. The maximum atomic E-state index is 12.1. The van der Waals surface area contributed by atoms with Gasteiger partial charge in [-0.05, 0) is 18.6 Å². The highest BCUT2D eigenvalue weighted by molar-refractivity contribution is 5.88. The third kappa shape index (κ3) is 3.65. The zero-order valence-electron chi connectivity index (χ0n) is 12.7.